The molecule has 0 saturated heterocycles. The predicted molar refractivity (Wildman–Crippen MR) is 52.8 cm³/mol. The monoisotopic (exact) mass is 217 g/mol. The Morgan fingerprint density at radius 2 is 2.06 bits per heavy atom. The Bertz CT molecular complexity index is 513. The van der Waals surface area contributed by atoms with Crippen molar-refractivity contribution >= 4 is 0 Å². The third-order valence-corrected chi connectivity index (χ3v) is 2.02. The molecular formula is C11H8FN3O. The summed E-state index contributed by atoms with van der Waals surface area (Å²) in [5, 5.41) is 12.1. The fourth-order valence-electron chi connectivity index (χ4n) is 1.28. The molecule has 1 aromatic heterocycles. The van der Waals surface area contributed by atoms with Crippen LogP contribution in [0.4, 0.5) is 4.39 Å². The van der Waals surface area contributed by atoms with E-state index in [-0.39, 0.29) is 12.2 Å². The molecule has 0 bridgehead atoms. The lowest BCUT2D eigenvalue weighted by Crippen LogP contribution is -1.90. The summed E-state index contributed by atoms with van der Waals surface area (Å²) >= 11 is 0. The lowest BCUT2D eigenvalue weighted by molar-refractivity contribution is 0.380. The van der Waals surface area contributed by atoms with Gasteiger partial charge in [0.25, 0.3) is 0 Å². The smallest absolute Gasteiger partial charge is 0.231 e. The van der Waals surface area contributed by atoms with Crippen LogP contribution in [0.1, 0.15) is 17.3 Å². The minimum absolute atomic E-state index is 0.132. The molecule has 16 heavy (non-hydrogen) atoms. The van der Waals surface area contributed by atoms with Crippen molar-refractivity contribution in [2.24, 2.45) is 0 Å². The average Bonchev–Trinajstić information content (AvgIpc) is 2.70. The third kappa shape index (κ3) is 2.42. The summed E-state index contributed by atoms with van der Waals surface area (Å²) in [6.45, 7) is 0. The zero-order chi connectivity index (χ0) is 11.4. The minimum Gasteiger partial charge on any atom is -0.339 e. The van der Waals surface area contributed by atoms with E-state index in [1.54, 1.807) is 12.1 Å². The van der Waals surface area contributed by atoms with Crippen LogP contribution in [0, 0.1) is 17.1 Å². The second kappa shape index (κ2) is 4.53. The maximum atomic E-state index is 12.6. The molecule has 0 aliphatic heterocycles. The predicted octanol–water partition coefficient (Wildman–Crippen LogP) is 1.87. The summed E-state index contributed by atoms with van der Waals surface area (Å²) in [4.78, 5) is 4.02. The number of rotatable bonds is 3. The van der Waals surface area contributed by atoms with Crippen molar-refractivity contribution in [2.75, 3.05) is 0 Å². The van der Waals surface area contributed by atoms with Gasteiger partial charge in [-0.15, -0.1) is 0 Å². The number of hydrogen-bond donors (Lipinski definition) is 0. The van der Waals surface area contributed by atoms with Crippen LogP contribution >= 0.6 is 0 Å². The first-order chi connectivity index (χ1) is 7.78. The fourth-order valence-corrected chi connectivity index (χ4v) is 1.28. The van der Waals surface area contributed by atoms with E-state index in [2.05, 4.69) is 10.1 Å². The average molecular weight is 217 g/mol. The van der Waals surface area contributed by atoms with Crippen molar-refractivity contribution in [2.45, 2.75) is 12.8 Å². The zero-order valence-corrected chi connectivity index (χ0v) is 8.35. The van der Waals surface area contributed by atoms with Crippen LogP contribution in [0.2, 0.25) is 0 Å². The van der Waals surface area contributed by atoms with Crippen LogP contribution in [-0.2, 0) is 12.8 Å². The van der Waals surface area contributed by atoms with E-state index in [0.29, 0.717) is 18.1 Å². The Balaban J connectivity index is 2.09. The minimum atomic E-state index is -0.278. The van der Waals surface area contributed by atoms with Gasteiger partial charge in [-0.05, 0) is 17.7 Å². The van der Waals surface area contributed by atoms with Crippen LogP contribution in [0.25, 0.3) is 0 Å². The first kappa shape index (κ1) is 10.3. The summed E-state index contributed by atoms with van der Waals surface area (Å²) in [5.41, 5.74) is 0.883. The summed E-state index contributed by atoms with van der Waals surface area (Å²) in [6.07, 6.45) is 0.575. The van der Waals surface area contributed by atoms with Crippen LogP contribution in [0.15, 0.2) is 28.8 Å². The van der Waals surface area contributed by atoms with Gasteiger partial charge in [0, 0.05) is 0 Å². The molecule has 1 aromatic carbocycles. The van der Waals surface area contributed by atoms with E-state index in [9.17, 15) is 4.39 Å². The number of benzene rings is 1. The molecule has 0 aliphatic rings. The molecule has 0 amide bonds. The number of hydrogen-bond acceptors (Lipinski definition) is 4. The quantitative estimate of drug-likeness (QED) is 0.787. The van der Waals surface area contributed by atoms with Crippen LogP contribution in [0.5, 0.6) is 0 Å². The van der Waals surface area contributed by atoms with Gasteiger partial charge in [-0.25, -0.2) is 4.39 Å². The Kier molecular flexibility index (Phi) is 2.92. The lowest BCUT2D eigenvalue weighted by Gasteiger charge is -1.95. The topological polar surface area (TPSA) is 62.7 Å². The normalized spacial score (nSPS) is 10.0. The van der Waals surface area contributed by atoms with Crippen molar-refractivity contribution in [1.82, 2.24) is 10.1 Å². The lowest BCUT2D eigenvalue weighted by atomic mass is 10.1. The number of aromatic nitrogens is 2. The highest BCUT2D eigenvalue weighted by Crippen LogP contribution is 2.08. The maximum absolute atomic E-state index is 12.6. The fraction of sp³-hybridized carbons (Fsp3) is 0.182. The van der Waals surface area contributed by atoms with E-state index in [0.717, 1.165) is 5.56 Å². The Labute approximate surface area is 91.3 Å². The van der Waals surface area contributed by atoms with Gasteiger partial charge in [-0.1, -0.05) is 17.3 Å². The zero-order valence-electron chi connectivity index (χ0n) is 8.35. The molecule has 0 saturated carbocycles. The van der Waals surface area contributed by atoms with Crippen molar-refractivity contribution in [3.8, 4) is 6.07 Å². The van der Waals surface area contributed by atoms with Gasteiger partial charge in [0.2, 0.25) is 5.89 Å². The molecule has 0 fully saturated rings. The highest BCUT2D eigenvalue weighted by molar-refractivity contribution is 5.19. The molecule has 80 valence electrons. The largest absolute Gasteiger partial charge is 0.339 e. The highest BCUT2D eigenvalue weighted by atomic mass is 19.1. The van der Waals surface area contributed by atoms with Crippen LogP contribution < -0.4 is 0 Å². The van der Waals surface area contributed by atoms with Gasteiger partial charge >= 0.3 is 0 Å². The molecule has 0 N–H and O–H groups in total. The van der Waals surface area contributed by atoms with Gasteiger partial charge in [-0.3, -0.25) is 0 Å². The van der Waals surface area contributed by atoms with Crippen LogP contribution in [-0.4, -0.2) is 10.1 Å². The van der Waals surface area contributed by atoms with Crippen molar-refractivity contribution in [1.29, 1.82) is 5.26 Å². The van der Waals surface area contributed by atoms with Gasteiger partial charge in [0.1, 0.15) is 5.82 Å². The molecule has 2 rings (SSSR count). The SMILES string of the molecule is N#CCc1noc(Cc2ccc(F)cc2)n1. The Hall–Kier alpha value is -2.22. The van der Waals surface area contributed by atoms with Gasteiger partial charge < -0.3 is 4.52 Å². The van der Waals surface area contributed by atoms with Crippen molar-refractivity contribution in [3.05, 3.63) is 47.4 Å². The summed E-state index contributed by atoms with van der Waals surface area (Å²) in [5.74, 6) is 0.524. The standard InChI is InChI=1S/C11H8FN3O/c12-9-3-1-8(2-4-9)7-11-14-10(5-6-13)15-16-11/h1-4H,5,7H2. The Morgan fingerprint density at radius 1 is 1.31 bits per heavy atom. The molecule has 5 heteroatoms. The molecule has 0 atom stereocenters. The van der Waals surface area contributed by atoms with Crippen molar-refractivity contribution < 1.29 is 8.91 Å². The summed E-state index contributed by atoms with van der Waals surface area (Å²) < 4.78 is 17.6. The van der Waals surface area contributed by atoms with E-state index in [4.69, 9.17) is 9.78 Å². The second-order valence-corrected chi connectivity index (χ2v) is 3.24. The molecule has 0 aliphatic carbocycles. The number of halogens is 1. The second-order valence-electron chi connectivity index (χ2n) is 3.24. The molecule has 0 spiro atoms. The molecule has 4 nitrogen and oxygen atoms in total. The maximum Gasteiger partial charge on any atom is 0.231 e. The highest BCUT2D eigenvalue weighted by Gasteiger charge is 2.06. The molecular weight excluding hydrogens is 209 g/mol. The van der Waals surface area contributed by atoms with Crippen molar-refractivity contribution in [3.63, 3.8) is 0 Å². The van der Waals surface area contributed by atoms with E-state index >= 15 is 0 Å². The van der Waals surface area contributed by atoms with Gasteiger partial charge in [0.15, 0.2) is 5.82 Å². The summed E-state index contributed by atoms with van der Waals surface area (Å²) in [7, 11) is 0. The van der Waals surface area contributed by atoms with Gasteiger partial charge in [-0.2, -0.15) is 10.2 Å². The van der Waals surface area contributed by atoms with Gasteiger partial charge in [0.05, 0.1) is 18.9 Å². The molecule has 0 unspecified atom stereocenters. The third-order valence-electron chi connectivity index (χ3n) is 2.02. The molecule has 1 heterocycles. The van der Waals surface area contributed by atoms with Crippen LogP contribution in [0.3, 0.4) is 0 Å². The van der Waals surface area contributed by atoms with E-state index in [1.807, 2.05) is 6.07 Å². The molecule has 0 radical (unpaired) electrons. The van der Waals surface area contributed by atoms with E-state index in [1.165, 1.54) is 12.1 Å². The summed E-state index contributed by atoms with van der Waals surface area (Å²) in [6, 6.07) is 8.00. The number of nitrogens with zero attached hydrogens (tertiary/aromatic N) is 3. The Morgan fingerprint density at radius 3 is 2.75 bits per heavy atom. The number of nitriles is 1. The van der Waals surface area contributed by atoms with E-state index < -0.39 is 0 Å². The first-order valence-corrected chi connectivity index (χ1v) is 4.71. The molecule has 2 aromatic rings. The first-order valence-electron chi connectivity index (χ1n) is 4.71.